The average molecular weight is 468 g/mol. The molecule has 32 heavy (non-hydrogen) atoms. The van der Waals surface area contributed by atoms with E-state index in [2.05, 4.69) is 21.5 Å². The van der Waals surface area contributed by atoms with E-state index in [9.17, 15) is 9.59 Å². The second kappa shape index (κ2) is 8.81. The molecule has 8 nitrogen and oxygen atoms in total. The van der Waals surface area contributed by atoms with Crippen molar-refractivity contribution >= 4 is 50.5 Å². The van der Waals surface area contributed by atoms with Crippen LogP contribution < -0.4 is 5.32 Å². The molecule has 0 unspecified atom stereocenters. The summed E-state index contributed by atoms with van der Waals surface area (Å²) in [6.45, 7) is 4.50. The van der Waals surface area contributed by atoms with Gasteiger partial charge in [-0.2, -0.15) is 0 Å². The molecule has 0 saturated carbocycles. The lowest BCUT2D eigenvalue weighted by Crippen LogP contribution is -2.50. The van der Waals surface area contributed by atoms with E-state index in [0.717, 1.165) is 20.1 Å². The van der Waals surface area contributed by atoms with E-state index in [-0.39, 0.29) is 18.4 Å². The molecular formula is C22H21N5O3S2. The van der Waals surface area contributed by atoms with Crippen LogP contribution >= 0.6 is 22.7 Å². The minimum Gasteiger partial charge on any atom is -0.360 e. The van der Waals surface area contributed by atoms with Gasteiger partial charge in [0.1, 0.15) is 10.8 Å². The number of rotatable bonds is 5. The highest BCUT2D eigenvalue weighted by Crippen LogP contribution is 2.34. The number of nitrogens with one attached hydrogen (secondary N) is 1. The number of hydrogen-bond acceptors (Lipinski definition) is 8. The standard InChI is InChI=1S/C22H21N5O3S2/c1-14-12-19(25-30-14)24-20(28)13-26-8-10-27(11-9-26)22(29)18-7-6-17(31-18)21-23-15-4-2-3-5-16(15)32-21/h2-7,12H,8-11,13H2,1H3,(H,24,25,28). The number of nitrogens with zero attached hydrogens (tertiary/aromatic N) is 4. The predicted octanol–water partition coefficient (Wildman–Crippen LogP) is 3.72. The van der Waals surface area contributed by atoms with Crippen LogP contribution in [0, 0.1) is 6.92 Å². The van der Waals surface area contributed by atoms with Gasteiger partial charge >= 0.3 is 0 Å². The van der Waals surface area contributed by atoms with Crippen LogP contribution in [0.5, 0.6) is 0 Å². The van der Waals surface area contributed by atoms with E-state index < -0.39 is 0 Å². The van der Waals surface area contributed by atoms with Gasteiger partial charge < -0.3 is 14.7 Å². The topological polar surface area (TPSA) is 91.6 Å². The molecule has 10 heteroatoms. The van der Waals surface area contributed by atoms with Gasteiger partial charge in [-0.15, -0.1) is 22.7 Å². The van der Waals surface area contributed by atoms with Crippen LogP contribution in [0.25, 0.3) is 20.1 Å². The second-order valence-electron chi connectivity index (χ2n) is 7.59. The highest BCUT2D eigenvalue weighted by molar-refractivity contribution is 7.26. The molecule has 1 fully saturated rings. The summed E-state index contributed by atoms with van der Waals surface area (Å²) in [7, 11) is 0. The Bertz CT molecular complexity index is 1240. The summed E-state index contributed by atoms with van der Waals surface area (Å²) in [6.07, 6.45) is 0. The molecule has 4 aromatic rings. The summed E-state index contributed by atoms with van der Waals surface area (Å²) in [5.41, 5.74) is 0.979. The number of carbonyl (C=O) groups excluding carboxylic acids is 2. The molecule has 0 atom stereocenters. The zero-order valence-corrected chi connectivity index (χ0v) is 19.0. The van der Waals surface area contributed by atoms with Crippen molar-refractivity contribution in [3.05, 3.63) is 53.1 Å². The second-order valence-corrected chi connectivity index (χ2v) is 9.70. The molecule has 1 saturated heterocycles. The third-order valence-electron chi connectivity index (χ3n) is 5.24. The highest BCUT2D eigenvalue weighted by Gasteiger charge is 2.25. The monoisotopic (exact) mass is 467 g/mol. The zero-order chi connectivity index (χ0) is 22.1. The van der Waals surface area contributed by atoms with Crippen molar-refractivity contribution in [3.8, 4) is 9.88 Å². The number of aromatic nitrogens is 2. The molecule has 0 bridgehead atoms. The minimum atomic E-state index is -0.142. The van der Waals surface area contributed by atoms with Gasteiger partial charge in [0.15, 0.2) is 5.82 Å². The van der Waals surface area contributed by atoms with Gasteiger partial charge in [-0.1, -0.05) is 17.3 Å². The Kier molecular flexibility index (Phi) is 5.73. The number of piperazine rings is 1. The van der Waals surface area contributed by atoms with Gasteiger partial charge in [0.25, 0.3) is 5.91 Å². The molecule has 2 amide bonds. The van der Waals surface area contributed by atoms with Gasteiger partial charge in [0.2, 0.25) is 5.91 Å². The van der Waals surface area contributed by atoms with Gasteiger partial charge in [-0.3, -0.25) is 14.5 Å². The van der Waals surface area contributed by atoms with Crippen LogP contribution in [0.15, 0.2) is 47.0 Å². The van der Waals surface area contributed by atoms with Crippen molar-refractivity contribution in [1.29, 1.82) is 0 Å². The number of amides is 2. The van der Waals surface area contributed by atoms with Crippen molar-refractivity contribution in [3.63, 3.8) is 0 Å². The molecule has 164 valence electrons. The van der Waals surface area contributed by atoms with Gasteiger partial charge in [0.05, 0.1) is 26.5 Å². The first kappa shape index (κ1) is 20.8. The molecular weight excluding hydrogens is 446 g/mol. The lowest BCUT2D eigenvalue weighted by atomic mass is 10.3. The third-order valence-corrected chi connectivity index (χ3v) is 7.52. The van der Waals surface area contributed by atoms with Crippen molar-refractivity contribution in [2.24, 2.45) is 0 Å². The van der Waals surface area contributed by atoms with Crippen molar-refractivity contribution < 1.29 is 14.1 Å². The fourth-order valence-corrected chi connectivity index (χ4v) is 5.62. The largest absolute Gasteiger partial charge is 0.360 e. The fraction of sp³-hybridized carbons (Fsp3) is 0.273. The number of anilines is 1. The van der Waals surface area contributed by atoms with Crippen LogP contribution in [0.4, 0.5) is 5.82 Å². The van der Waals surface area contributed by atoms with Crippen LogP contribution in [0.2, 0.25) is 0 Å². The van der Waals surface area contributed by atoms with Gasteiger partial charge in [-0.05, 0) is 31.2 Å². The van der Waals surface area contributed by atoms with E-state index in [1.165, 1.54) is 11.3 Å². The van der Waals surface area contributed by atoms with E-state index >= 15 is 0 Å². The summed E-state index contributed by atoms with van der Waals surface area (Å²) in [5, 5.41) is 7.44. The number of thiazole rings is 1. The first-order valence-electron chi connectivity index (χ1n) is 10.3. The summed E-state index contributed by atoms with van der Waals surface area (Å²) >= 11 is 3.12. The molecule has 1 N–H and O–H groups in total. The van der Waals surface area contributed by atoms with Gasteiger partial charge in [0, 0.05) is 32.2 Å². The van der Waals surface area contributed by atoms with Crippen molar-refractivity contribution in [1.82, 2.24) is 19.9 Å². The number of carbonyl (C=O) groups is 2. The lowest BCUT2D eigenvalue weighted by molar-refractivity contribution is -0.117. The molecule has 3 aromatic heterocycles. The van der Waals surface area contributed by atoms with Crippen LogP contribution in [0.3, 0.4) is 0 Å². The van der Waals surface area contributed by atoms with E-state index in [1.54, 1.807) is 24.3 Å². The number of thiophene rings is 1. The summed E-state index contributed by atoms with van der Waals surface area (Å²) < 4.78 is 6.10. The first-order chi connectivity index (χ1) is 15.5. The molecule has 1 aliphatic heterocycles. The molecule has 1 aliphatic rings. The molecule has 1 aromatic carbocycles. The Morgan fingerprint density at radius 1 is 1.09 bits per heavy atom. The fourth-order valence-electron chi connectivity index (χ4n) is 3.62. The summed E-state index contributed by atoms with van der Waals surface area (Å²) in [5.74, 6) is 0.955. The van der Waals surface area contributed by atoms with Crippen molar-refractivity contribution in [2.75, 3.05) is 38.0 Å². The van der Waals surface area contributed by atoms with Gasteiger partial charge in [-0.25, -0.2) is 4.98 Å². The van der Waals surface area contributed by atoms with Crippen molar-refractivity contribution in [2.45, 2.75) is 6.92 Å². The normalized spacial score (nSPS) is 14.7. The SMILES string of the molecule is Cc1cc(NC(=O)CN2CCN(C(=O)c3ccc(-c4nc5ccccc5s4)s3)CC2)no1. The Morgan fingerprint density at radius 3 is 2.66 bits per heavy atom. The maximum absolute atomic E-state index is 13.0. The number of para-hydroxylation sites is 1. The molecule has 0 spiro atoms. The maximum Gasteiger partial charge on any atom is 0.264 e. The van der Waals surface area contributed by atoms with E-state index in [4.69, 9.17) is 4.52 Å². The Hall–Kier alpha value is -3.08. The number of aryl methyl sites for hydroxylation is 1. The summed E-state index contributed by atoms with van der Waals surface area (Å²) in [6, 6.07) is 13.6. The zero-order valence-electron chi connectivity index (χ0n) is 17.4. The molecule has 0 radical (unpaired) electrons. The third kappa shape index (κ3) is 4.43. The lowest BCUT2D eigenvalue weighted by Gasteiger charge is -2.34. The van der Waals surface area contributed by atoms with E-state index in [0.29, 0.717) is 42.6 Å². The number of hydrogen-bond donors (Lipinski definition) is 1. The Balaban J connectivity index is 1.16. The van der Waals surface area contributed by atoms with E-state index in [1.807, 2.05) is 40.1 Å². The number of benzene rings is 1. The highest BCUT2D eigenvalue weighted by atomic mass is 32.1. The predicted molar refractivity (Wildman–Crippen MR) is 125 cm³/mol. The van der Waals surface area contributed by atoms with Crippen LogP contribution in [-0.2, 0) is 4.79 Å². The maximum atomic E-state index is 13.0. The van der Waals surface area contributed by atoms with Crippen LogP contribution in [0.1, 0.15) is 15.4 Å². The molecule has 0 aliphatic carbocycles. The van der Waals surface area contributed by atoms with Crippen LogP contribution in [-0.4, -0.2) is 64.5 Å². The Labute approximate surface area is 192 Å². The Morgan fingerprint density at radius 2 is 1.91 bits per heavy atom. The molecule has 5 rings (SSSR count). The molecule has 4 heterocycles. The quantitative estimate of drug-likeness (QED) is 0.481. The number of fused-ring (bicyclic) bond motifs is 1. The minimum absolute atomic E-state index is 0.0320. The smallest absolute Gasteiger partial charge is 0.264 e. The average Bonchev–Trinajstić information content (AvgIpc) is 3.53. The first-order valence-corrected chi connectivity index (χ1v) is 11.9. The summed E-state index contributed by atoms with van der Waals surface area (Å²) in [4.78, 5) is 35.5.